The summed E-state index contributed by atoms with van der Waals surface area (Å²) in [6.45, 7) is 2.89. The third-order valence-electron chi connectivity index (χ3n) is 5.23. The number of anilines is 1. The van der Waals surface area contributed by atoms with E-state index in [-0.39, 0.29) is 6.04 Å². The molecule has 138 valence electrons. The summed E-state index contributed by atoms with van der Waals surface area (Å²) < 4.78 is 0. The van der Waals surface area contributed by atoms with E-state index in [1.54, 1.807) is 24.3 Å². The number of halogens is 1. The first-order chi connectivity index (χ1) is 13.1. The lowest BCUT2D eigenvalue weighted by molar-refractivity contribution is 0.211. The van der Waals surface area contributed by atoms with Crippen LogP contribution in [0.4, 0.5) is 5.69 Å². The number of hydrogen-bond donors (Lipinski definition) is 1. The van der Waals surface area contributed by atoms with Gasteiger partial charge in [0.1, 0.15) is 0 Å². The van der Waals surface area contributed by atoms with Gasteiger partial charge in [0.15, 0.2) is 0 Å². The molecule has 4 rings (SSSR count). The highest BCUT2D eigenvalue weighted by molar-refractivity contribution is 6.30. The molecule has 1 heterocycles. The lowest BCUT2D eigenvalue weighted by Crippen LogP contribution is -2.43. The van der Waals surface area contributed by atoms with Crippen molar-refractivity contribution < 1.29 is 0 Å². The fraction of sp³-hybridized carbons (Fsp3) is 0.273. The van der Waals surface area contributed by atoms with Crippen LogP contribution in [-0.4, -0.2) is 24.0 Å². The first-order valence-corrected chi connectivity index (χ1v) is 9.61. The highest BCUT2D eigenvalue weighted by Crippen LogP contribution is 2.27. The molecule has 1 N–H and O–H groups in total. The molecule has 0 spiro atoms. The number of benzene rings is 2. The maximum Gasteiger partial charge on any atom is 0.250 e. The van der Waals surface area contributed by atoms with Gasteiger partial charge in [-0.05, 0) is 36.1 Å². The van der Waals surface area contributed by atoms with Crippen molar-refractivity contribution in [2.75, 3.05) is 18.4 Å². The van der Waals surface area contributed by atoms with Crippen molar-refractivity contribution in [3.8, 4) is 11.1 Å². The van der Waals surface area contributed by atoms with Gasteiger partial charge in [0.25, 0.3) is 0 Å². The lowest BCUT2D eigenvalue weighted by atomic mass is 9.96. The summed E-state index contributed by atoms with van der Waals surface area (Å²) in [7, 11) is 0. The molecule has 0 atom stereocenters. The van der Waals surface area contributed by atoms with Gasteiger partial charge in [0, 0.05) is 30.7 Å². The van der Waals surface area contributed by atoms with E-state index < -0.39 is 10.9 Å². The highest BCUT2D eigenvalue weighted by Gasteiger charge is 2.26. The van der Waals surface area contributed by atoms with E-state index in [1.807, 2.05) is 6.07 Å². The molecule has 0 aromatic heterocycles. The van der Waals surface area contributed by atoms with Gasteiger partial charge < -0.3 is 5.32 Å². The summed E-state index contributed by atoms with van der Waals surface area (Å²) in [5, 5.41) is 3.94. The summed E-state index contributed by atoms with van der Waals surface area (Å²) in [4.78, 5) is 26.6. The van der Waals surface area contributed by atoms with E-state index in [0.717, 1.165) is 38.0 Å². The SMILES string of the molecule is O=c1c(NC2CCN(Cc3ccccc3)CC2)c(-c2ccc(Cl)cc2)c1=O. The molecule has 0 unspecified atom stereocenters. The zero-order chi connectivity index (χ0) is 18.8. The number of likely N-dealkylation sites (tertiary alicyclic amines) is 1. The Bertz CT molecular complexity index is 984. The second kappa shape index (κ2) is 7.67. The second-order valence-corrected chi connectivity index (χ2v) is 7.53. The summed E-state index contributed by atoms with van der Waals surface area (Å²) in [5.41, 5.74) is 2.18. The molecule has 1 saturated heterocycles. The van der Waals surface area contributed by atoms with Gasteiger partial charge >= 0.3 is 0 Å². The van der Waals surface area contributed by atoms with Gasteiger partial charge in [0.2, 0.25) is 10.9 Å². The van der Waals surface area contributed by atoms with Crippen molar-refractivity contribution in [3.05, 3.63) is 85.6 Å². The Morgan fingerprint density at radius 1 is 0.926 bits per heavy atom. The highest BCUT2D eigenvalue weighted by atomic mass is 35.5. The first kappa shape index (κ1) is 18.0. The van der Waals surface area contributed by atoms with Crippen molar-refractivity contribution in [1.82, 2.24) is 4.90 Å². The third-order valence-corrected chi connectivity index (χ3v) is 5.48. The summed E-state index contributed by atoms with van der Waals surface area (Å²) in [6.07, 6.45) is 1.90. The summed E-state index contributed by atoms with van der Waals surface area (Å²) in [5.74, 6) is 0. The topological polar surface area (TPSA) is 49.4 Å². The normalized spacial score (nSPS) is 15.9. The number of nitrogens with one attached hydrogen (secondary N) is 1. The Morgan fingerprint density at radius 2 is 1.59 bits per heavy atom. The van der Waals surface area contributed by atoms with E-state index in [0.29, 0.717) is 16.3 Å². The first-order valence-electron chi connectivity index (χ1n) is 9.24. The zero-order valence-electron chi connectivity index (χ0n) is 15.0. The van der Waals surface area contributed by atoms with E-state index in [1.165, 1.54) is 5.56 Å². The minimum absolute atomic E-state index is 0.214. The summed E-state index contributed by atoms with van der Waals surface area (Å²) in [6, 6.07) is 17.7. The number of nitrogens with zero attached hydrogens (tertiary/aromatic N) is 1. The van der Waals surface area contributed by atoms with Gasteiger partial charge in [0.05, 0.1) is 11.3 Å². The molecule has 3 aromatic carbocycles. The van der Waals surface area contributed by atoms with Crippen LogP contribution in [0.3, 0.4) is 0 Å². The van der Waals surface area contributed by atoms with Crippen molar-refractivity contribution in [3.63, 3.8) is 0 Å². The van der Waals surface area contributed by atoms with Gasteiger partial charge in [-0.3, -0.25) is 14.5 Å². The van der Waals surface area contributed by atoms with Gasteiger partial charge in [-0.1, -0.05) is 54.1 Å². The van der Waals surface area contributed by atoms with Crippen molar-refractivity contribution >= 4 is 17.3 Å². The predicted octanol–water partition coefficient (Wildman–Crippen LogP) is 3.68. The average Bonchev–Trinajstić information content (AvgIpc) is 2.71. The molecule has 1 fully saturated rings. The average molecular weight is 381 g/mol. The van der Waals surface area contributed by atoms with E-state index in [4.69, 9.17) is 11.6 Å². The van der Waals surface area contributed by atoms with Crippen LogP contribution in [0, 0.1) is 0 Å². The Labute approximate surface area is 163 Å². The largest absolute Gasteiger partial charge is 0.378 e. The molecule has 0 radical (unpaired) electrons. The second-order valence-electron chi connectivity index (χ2n) is 7.10. The lowest BCUT2D eigenvalue weighted by Gasteiger charge is -2.33. The van der Waals surface area contributed by atoms with Crippen molar-refractivity contribution in [2.24, 2.45) is 0 Å². The van der Waals surface area contributed by atoms with Crippen LogP contribution in [0.25, 0.3) is 11.1 Å². The number of piperidine rings is 1. The van der Waals surface area contributed by atoms with Crippen LogP contribution in [-0.2, 0) is 6.54 Å². The molecule has 4 nitrogen and oxygen atoms in total. The standard InChI is InChI=1S/C22H21ClN2O2/c23-17-8-6-16(7-9-17)19-20(22(27)21(19)26)24-18-10-12-25(13-11-18)14-15-4-2-1-3-5-15/h1-9,18,24H,10-14H2. The third kappa shape index (κ3) is 3.82. The predicted molar refractivity (Wildman–Crippen MR) is 110 cm³/mol. The molecule has 0 bridgehead atoms. The molecule has 0 amide bonds. The van der Waals surface area contributed by atoms with Gasteiger partial charge in [-0.25, -0.2) is 0 Å². The molecule has 3 aromatic rings. The molecular weight excluding hydrogens is 360 g/mol. The summed E-state index contributed by atoms with van der Waals surface area (Å²) >= 11 is 5.92. The van der Waals surface area contributed by atoms with E-state index >= 15 is 0 Å². The molecular formula is C22H21ClN2O2. The zero-order valence-corrected chi connectivity index (χ0v) is 15.7. The van der Waals surface area contributed by atoms with Crippen LogP contribution < -0.4 is 16.2 Å². The fourth-order valence-corrected chi connectivity index (χ4v) is 3.83. The molecule has 0 aliphatic carbocycles. The van der Waals surface area contributed by atoms with Crippen molar-refractivity contribution in [1.29, 1.82) is 0 Å². The van der Waals surface area contributed by atoms with Crippen LogP contribution >= 0.6 is 11.6 Å². The van der Waals surface area contributed by atoms with Crippen LogP contribution in [0.5, 0.6) is 0 Å². The minimum atomic E-state index is -0.415. The van der Waals surface area contributed by atoms with Crippen LogP contribution in [0.2, 0.25) is 5.02 Å². The van der Waals surface area contributed by atoms with Gasteiger partial charge in [-0.15, -0.1) is 0 Å². The smallest absolute Gasteiger partial charge is 0.250 e. The minimum Gasteiger partial charge on any atom is -0.378 e. The maximum absolute atomic E-state index is 12.1. The quantitative estimate of drug-likeness (QED) is 0.686. The van der Waals surface area contributed by atoms with Crippen LogP contribution in [0.1, 0.15) is 18.4 Å². The molecule has 27 heavy (non-hydrogen) atoms. The Kier molecular flexibility index (Phi) is 5.10. The number of hydrogen-bond acceptors (Lipinski definition) is 4. The van der Waals surface area contributed by atoms with Crippen molar-refractivity contribution in [2.45, 2.75) is 25.4 Å². The Balaban J connectivity index is 1.40. The fourth-order valence-electron chi connectivity index (χ4n) is 3.70. The Hall–Kier alpha value is -2.43. The van der Waals surface area contributed by atoms with Crippen LogP contribution in [0.15, 0.2) is 64.2 Å². The molecule has 1 aliphatic rings. The Morgan fingerprint density at radius 3 is 2.26 bits per heavy atom. The number of rotatable bonds is 5. The monoisotopic (exact) mass is 380 g/mol. The molecule has 1 aliphatic heterocycles. The van der Waals surface area contributed by atoms with Gasteiger partial charge in [-0.2, -0.15) is 0 Å². The molecule has 0 saturated carbocycles. The van der Waals surface area contributed by atoms with E-state index in [2.05, 4.69) is 34.5 Å². The van der Waals surface area contributed by atoms with E-state index in [9.17, 15) is 9.59 Å². The maximum atomic E-state index is 12.1. The molecule has 5 heteroatoms.